The van der Waals surface area contributed by atoms with E-state index in [1.165, 1.54) is 17.7 Å². The van der Waals surface area contributed by atoms with Gasteiger partial charge in [0.2, 0.25) is 0 Å². The van der Waals surface area contributed by atoms with Crippen LogP contribution in [0.4, 0.5) is 5.69 Å². The summed E-state index contributed by atoms with van der Waals surface area (Å²) in [4.78, 5) is 15.4. The van der Waals surface area contributed by atoms with Gasteiger partial charge in [0.05, 0.1) is 11.1 Å². The van der Waals surface area contributed by atoms with E-state index < -0.39 is 4.92 Å². The minimum atomic E-state index is -0.428. The topological polar surface area (TPSA) is 64.7 Å². The SMILES string of the molecule is CC(C)c1ccc(/C=N\OCc2cccc([N+](=O)[O-])c2)cc1. The van der Waals surface area contributed by atoms with E-state index in [0.29, 0.717) is 11.5 Å². The van der Waals surface area contributed by atoms with Gasteiger partial charge in [-0.3, -0.25) is 10.1 Å². The molecule has 2 aromatic rings. The molecule has 0 bridgehead atoms. The van der Waals surface area contributed by atoms with Crippen LogP contribution in [-0.2, 0) is 11.4 Å². The van der Waals surface area contributed by atoms with Gasteiger partial charge < -0.3 is 4.84 Å². The van der Waals surface area contributed by atoms with Crippen LogP contribution in [-0.4, -0.2) is 11.1 Å². The molecule has 0 radical (unpaired) electrons. The largest absolute Gasteiger partial charge is 0.391 e. The molecule has 0 aliphatic carbocycles. The molecule has 2 aromatic carbocycles. The summed E-state index contributed by atoms with van der Waals surface area (Å²) in [5.41, 5.74) is 2.98. The van der Waals surface area contributed by atoms with Crippen molar-refractivity contribution in [2.45, 2.75) is 26.4 Å². The maximum Gasteiger partial charge on any atom is 0.269 e. The molecule has 22 heavy (non-hydrogen) atoms. The second kappa shape index (κ2) is 7.36. The van der Waals surface area contributed by atoms with Gasteiger partial charge >= 0.3 is 0 Å². The molecule has 114 valence electrons. The lowest BCUT2D eigenvalue weighted by Crippen LogP contribution is -1.92. The number of benzene rings is 2. The number of nitrogens with zero attached hydrogens (tertiary/aromatic N) is 2. The Balaban J connectivity index is 1.90. The fourth-order valence-corrected chi connectivity index (χ4v) is 1.94. The van der Waals surface area contributed by atoms with Crippen molar-refractivity contribution in [2.24, 2.45) is 5.16 Å². The Morgan fingerprint density at radius 1 is 1.23 bits per heavy atom. The number of hydrogen-bond acceptors (Lipinski definition) is 4. The number of rotatable bonds is 6. The molecule has 5 nitrogen and oxygen atoms in total. The predicted octanol–water partition coefficient (Wildman–Crippen LogP) is 4.27. The van der Waals surface area contributed by atoms with Gasteiger partial charge in [-0.2, -0.15) is 0 Å². The number of nitro benzene ring substituents is 1. The fourth-order valence-electron chi connectivity index (χ4n) is 1.94. The molecule has 0 heterocycles. The standard InChI is InChI=1S/C17H18N2O3/c1-13(2)16-8-6-14(7-9-16)11-18-22-12-15-4-3-5-17(10-15)19(20)21/h3-11,13H,12H2,1-2H3/b18-11-. The molecular weight excluding hydrogens is 280 g/mol. The predicted molar refractivity (Wildman–Crippen MR) is 86.0 cm³/mol. The first-order valence-electron chi connectivity index (χ1n) is 7.05. The van der Waals surface area contributed by atoms with Crippen molar-refractivity contribution < 1.29 is 9.76 Å². The third-order valence-electron chi connectivity index (χ3n) is 3.23. The average Bonchev–Trinajstić information content (AvgIpc) is 2.52. The molecule has 0 saturated carbocycles. The molecule has 0 saturated heterocycles. The Kier molecular flexibility index (Phi) is 5.25. The summed E-state index contributed by atoms with van der Waals surface area (Å²) in [6.07, 6.45) is 1.63. The minimum Gasteiger partial charge on any atom is -0.391 e. The quantitative estimate of drug-likeness (QED) is 0.454. The molecule has 0 N–H and O–H groups in total. The van der Waals surface area contributed by atoms with Crippen molar-refractivity contribution in [1.82, 2.24) is 0 Å². The minimum absolute atomic E-state index is 0.0503. The van der Waals surface area contributed by atoms with E-state index >= 15 is 0 Å². The maximum atomic E-state index is 10.7. The first-order valence-corrected chi connectivity index (χ1v) is 7.05. The zero-order valence-corrected chi connectivity index (χ0v) is 12.6. The summed E-state index contributed by atoms with van der Waals surface area (Å²) in [6, 6.07) is 14.4. The molecule has 0 aliphatic rings. The highest BCUT2D eigenvalue weighted by molar-refractivity contribution is 5.79. The first-order chi connectivity index (χ1) is 10.6. The van der Waals surface area contributed by atoms with Crippen molar-refractivity contribution >= 4 is 11.9 Å². The van der Waals surface area contributed by atoms with Crippen molar-refractivity contribution in [3.63, 3.8) is 0 Å². The second-order valence-corrected chi connectivity index (χ2v) is 5.26. The Labute approximate surface area is 129 Å². The van der Waals surface area contributed by atoms with Gasteiger partial charge in [-0.05, 0) is 22.6 Å². The summed E-state index contributed by atoms with van der Waals surface area (Å²) in [5.74, 6) is 0.496. The van der Waals surface area contributed by atoms with Crippen molar-refractivity contribution in [2.75, 3.05) is 0 Å². The Bertz CT molecular complexity index is 664. The Morgan fingerprint density at radius 2 is 1.95 bits per heavy atom. The fraction of sp³-hybridized carbons (Fsp3) is 0.235. The zero-order valence-electron chi connectivity index (χ0n) is 12.6. The molecular formula is C17H18N2O3. The zero-order chi connectivity index (χ0) is 15.9. The van der Waals surface area contributed by atoms with Gasteiger partial charge in [0.25, 0.3) is 5.69 Å². The third-order valence-corrected chi connectivity index (χ3v) is 3.23. The Morgan fingerprint density at radius 3 is 2.59 bits per heavy atom. The van der Waals surface area contributed by atoms with Gasteiger partial charge in [0.1, 0.15) is 6.61 Å². The lowest BCUT2D eigenvalue weighted by atomic mass is 10.0. The van der Waals surface area contributed by atoms with Crippen LogP contribution in [0.1, 0.15) is 36.5 Å². The molecule has 0 aromatic heterocycles. The van der Waals surface area contributed by atoms with E-state index in [2.05, 4.69) is 31.1 Å². The van der Waals surface area contributed by atoms with Crippen LogP contribution in [0.2, 0.25) is 0 Å². The molecule has 0 atom stereocenters. The summed E-state index contributed by atoms with van der Waals surface area (Å²) in [5, 5.41) is 14.6. The lowest BCUT2D eigenvalue weighted by molar-refractivity contribution is -0.384. The highest BCUT2D eigenvalue weighted by atomic mass is 16.6. The number of non-ortho nitro benzene ring substituents is 1. The highest BCUT2D eigenvalue weighted by Gasteiger charge is 2.05. The molecule has 2 rings (SSSR count). The van der Waals surface area contributed by atoms with E-state index in [-0.39, 0.29) is 12.3 Å². The van der Waals surface area contributed by atoms with Crippen molar-refractivity contribution in [1.29, 1.82) is 0 Å². The number of nitro groups is 1. The summed E-state index contributed by atoms with van der Waals surface area (Å²) < 4.78 is 0. The van der Waals surface area contributed by atoms with Gasteiger partial charge in [0, 0.05) is 12.1 Å². The smallest absolute Gasteiger partial charge is 0.269 e. The second-order valence-electron chi connectivity index (χ2n) is 5.26. The van der Waals surface area contributed by atoms with Gasteiger partial charge in [-0.15, -0.1) is 0 Å². The highest BCUT2D eigenvalue weighted by Crippen LogP contribution is 2.15. The van der Waals surface area contributed by atoms with E-state index in [4.69, 9.17) is 4.84 Å². The average molecular weight is 298 g/mol. The number of hydrogen-bond donors (Lipinski definition) is 0. The van der Waals surface area contributed by atoms with E-state index in [1.807, 2.05) is 12.1 Å². The summed E-state index contributed by atoms with van der Waals surface area (Å²) in [6.45, 7) is 4.48. The molecule has 0 amide bonds. The van der Waals surface area contributed by atoms with Crippen LogP contribution >= 0.6 is 0 Å². The van der Waals surface area contributed by atoms with Crippen LogP contribution in [0.5, 0.6) is 0 Å². The van der Waals surface area contributed by atoms with E-state index in [1.54, 1.807) is 18.3 Å². The van der Waals surface area contributed by atoms with E-state index in [0.717, 1.165) is 5.56 Å². The van der Waals surface area contributed by atoms with Crippen LogP contribution in [0, 0.1) is 10.1 Å². The van der Waals surface area contributed by atoms with Crippen LogP contribution in [0.3, 0.4) is 0 Å². The summed E-state index contributed by atoms with van der Waals surface area (Å²) >= 11 is 0. The van der Waals surface area contributed by atoms with Gasteiger partial charge in [0.15, 0.2) is 0 Å². The molecule has 0 fully saturated rings. The summed E-state index contributed by atoms with van der Waals surface area (Å²) in [7, 11) is 0. The first kappa shape index (κ1) is 15.7. The molecule has 5 heteroatoms. The van der Waals surface area contributed by atoms with Crippen LogP contribution in [0.15, 0.2) is 53.7 Å². The maximum absolute atomic E-state index is 10.7. The van der Waals surface area contributed by atoms with Crippen LogP contribution < -0.4 is 0 Å². The molecule has 0 unspecified atom stereocenters. The molecule has 0 aliphatic heterocycles. The van der Waals surface area contributed by atoms with Gasteiger partial charge in [-0.25, -0.2) is 0 Å². The van der Waals surface area contributed by atoms with Crippen molar-refractivity contribution in [3.8, 4) is 0 Å². The Hall–Kier alpha value is -2.69. The molecule has 0 spiro atoms. The normalized spacial score (nSPS) is 11.0. The van der Waals surface area contributed by atoms with Crippen molar-refractivity contribution in [3.05, 3.63) is 75.3 Å². The monoisotopic (exact) mass is 298 g/mol. The van der Waals surface area contributed by atoms with E-state index in [9.17, 15) is 10.1 Å². The third kappa shape index (κ3) is 4.41. The van der Waals surface area contributed by atoms with Gasteiger partial charge in [-0.1, -0.05) is 55.4 Å². The number of oxime groups is 1. The van der Waals surface area contributed by atoms with Crippen LogP contribution in [0.25, 0.3) is 0 Å². The lowest BCUT2D eigenvalue weighted by Gasteiger charge is -2.04.